The highest BCUT2D eigenvalue weighted by atomic mass is 16.5. The quantitative estimate of drug-likeness (QED) is 0.837. The van der Waals surface area contributed by atoms with Gasteiger partial charge in [-0.05, 0) is 36.8 Å². The van der Waals surface area contributed by atoms with Crippen LogP contribution in [0.5, 0.6) is 5.75 Å². The Hall–Kier alpha value is -1.06. The van der Waals surface area contributed by atoms with E-state index in [1.54, 1.807) is 6.07 Å². The van der Waals surface area contributed by atoms with Gasteiger partial charge in [0.25, 0.3) is 0 Å². The third kappa shape index (κ3) is 1.83. The largest absolute Gasteiger partial charge is 0.508 e. The van der Waals surface area contributed by atoms with Crippen LogP contribution in [0.2, 0.25) is 0 Å². The van der Waals surface area contributed by atoms with E-state index in [-0.39, 0.29) is 24.7 Å². The fourth-order valence-corrected chi connectivity index (χ4v) is 3.34. The van der Waals surface area contributed by atoms with E-state index in [0.717, 1.165) is 24.8 Å². The first-order valence-electron chi connectivity index (χ1n) is 6.33. The third-order valence-corrected chi connectivity index (χ3v) is 4.25. The second-order valence-electron chi connectivity index (χ2n) is 5.13. The molecule has 0 aromatic heterocycles. The zero-order valence-electron chi connectivity index (χ0n) is 9.75. The maximum atomic E-state index is 9.80. The maximum absolute atomic E-state index is 9.80. The summed E-state index contributed by atoms with van der Waals surface area (Å²) in [6.45, 7) is 0.194. The number of hydrogen-bond acceptors (Lipinski definition) is 3. The molecule has 3 nitrogen and oxygen atoms in total. The lowest BCUT2D eigenvalue weighted by molar-refractivity contribution is 0.0786. The van der Waals surface area contributed by atoms with Gasteiger partial charge in [-0.3, -0.25) is 0 Å². The van der Waals surface area contributed by atoms with E-state index < -0.39 is 0 Å². The van der Waals surface area contributed by atoms with Crippen molar-refractivity contribution < 1.29 is 14.9 Å². The van der Waals surface area contributed by atoms with Gasteiger partial charge in [0.1, 0.15) is 5.75 Å². The fourth-order valence-electron chi connectivity index (χ4n) is 3.34. The Labute approximate surface area is 101 Å². The maximum Gasteiger partial charge on any atom is 0.118 e. The van der Waals surface area contributed by atoms with Crippen LogP contribution in [-0.2, 0) is 11.2 Å². The van der Waals surface area contributed by atoms with E-state index in [0.29, 0.717) is 11.7 Å². The number of phenols is 1. The zero-order valence-corrected chi connectivity index (χ0v) is 9.75. The molecule has 2 saturated heterocycles. The molecular formula is C14H18O3. The summed E-state index contributed by atoms with van der Waals surface area (Å²) in [7, 11) is 0. The molecular weight excluding hydrogens is 216 g/mol. The number of phenolic OH excluding ortho intramolecular Hbond substituents is 1. The van der Waals surface area contributed by atoms with Crippen LogP contribution in [0.25, 0.3) is 0 Å². The van der Waals surface area contributed by atoms with Crippen molar-refractivity contribution in [1.82, 2.24) is 0 Å². The Bertz CT molecular complexity index is 404. The van der Waals surface area contributed by atoms with E-state index in [4.69, 9.17) is 4.74 Å². The first-order chi connectivity index (χ1) is 8.29. The molecule has 0 aliphatic carbocycles. The van der Waals surface area contributed by atoms with Crippen molar-refractivity contribution in [3.8, 4) is 5.75 Å². The van der Waals surface area contributed by atoms with Gasteiger partial charge in [0, 0.05) is 12.5 Å². The van der Waals surface area contributed by atoms with Gasteiger partial charge in [0.15, 0.2) is 0 Å². The number of aromatic hydroxyl groups is 1. The molecule has 2 bridgehead atoms. The predicted molar refractivity (Wildman–Crippen MR) is 63.8 cm³/mol. The molecule has 0 radical (unpaired) electrons. The molecule has 3 rings (SSSR count). The molecule has 0 spiro atoms. The molecule has 0 saturated carbocycles. The average Bonchev–Trinajstić information content (AvgIpc) is 2.92. The molecule has 2 aliphatic rings. The smallest absolute Gasteiger partial charge is 0.118 e. The molecule has 4 atom stereocenters. The molecule has 2 fully saturated rings. The topological polar surface area (TPSA) is 49.7 Å². The zero-order chi connectivity index (χ0) is 11.8. The van der Waals surface area contributed by atoms with Crippen molar-refractivity contribution in [2.45, 2.75) is 31.5 Å². The number of para-hydroxylation sites is 1. The molecule has 1 aromatic carbocycles. The molecule has 0 amide bonds. The van der Waals surface area contributed by atoms with Crippen LogP contribution < -0.4 is 0 Å². The van der Waals surface area contributed by atoms with Crippen molar-refractivity contribution in [2.24, 2.45) is 11.8 Å². The average molecular weight is 234 g/mol. The molecule has 2 heterocycles. The van der Waals surface area contributed by atoms with Crippen LogP contribution in [0.3, 0.4) is 0 Å². The van der Waals surface area contributed by atoms with Gasteiger partial charge in [-0.1, -0.05) is 18.2 Å². The second kappa shape index (κ2) is 4.31. The summed E-state index contributed by atoms with van der Waals surface area (Å²) in [5.74, 6) is 0.951. The normalized spacial score (nSPS) is 35.4. The second-order valence-corrected chi connectivity index (χ2v) is 5.13. The first kappa shape index (κ1) is 11.1. The van der Waals surface area contributed by atoms with Gasteiger partial charge in [-0.2, -0.15) is 0 Å². The summed E-state index contributed by atoms with van der Waals surface area (Å²) in [5, 5.41) is 19.3. The van der Waals surface area contributed by atoms with E-state index in [1.165, 1.54) is 0 Å². The summed E-state index contributed by atoms with van der Waals surface area (Å²) in [6, 6.07) is 7.45. The Balaban J connectivity index is 1.79. The highest BCUT2D eigenvalue weighted by molar-refractivity contribution is 5.32. The SMILES string of the molecule is OC[C@@H]1[C@H](Cc2ccccc2O)[C@@H]2CC[C@H]1O2. The summed E-state index contributed by atoms with van der Waals surface area (Å²) in [6.07, 6.45) is 3.49. The van der Waals surface area contributed by atoms with Crippen LogP contribution in [0.1, 0.15) is 18.4 Å². The van der Waals surface area contributed by atoms with E-state index >= 15 is 0 Å². The fraction of sp³-hybridized carbons (Fsp3) is 0.571. The Morgan fingerprint density at radius 2 is 1.82 bits per heavy atom. The van der Waals surface area contributed by atoms with E-state index in [1.807, 2.05) is 18.2 Å². The summed E-state index contributed by atoms with van der Waals surface area (Å²) < 4.78 is 5.86. The highest BCUT2D eigenvalue weighted by Gasteiger charge is 2.48. The van der Waals surface area contributed by atoms with Crippen molar-refractivity contribution in [3.63, 3.8) is 0 Å². The van der Waals surface area contributed by atoms with E-state index in [9.17, 15) is 10.2 Å². The van der Waals surface area contributed by atoms with Crippen LogP contribution in [0, 0.1) is 11.8 Å². The number of hydrogen-bond donors (Lipinski definition) is 2. The summed E-state index contributed by atoms with van der Waals surface area (Å²) >= 11 is 0. The van der Waals surface area contributed by atoms with Crippen LogP contribution in [0.4, 0.5) is 0 Å². The lowest BCUT2D eigenvalue weighted by Gasteiger charge is -2.26. The minimum Gasteiger partial charge on any atom is -0.508 e. The lowest BCUT2D eigenvalue weighted by Crippen LogP contribution is -2.31. The van der Waals surface area contributed by atoms with E-state index in [2.05, 4.69) is 0 Å². The minimum absolute atomic E-state index is 0.194. The Morgan fingerprint density at radius 3 is 2.53 bits per heavy atom. The first-order valence-corrected chi connectivity index (χ1v) is 6.33. The summed E-state index contributed by atoms with van der Waals surface area (Å²) in [4.78, 5) is 0. The number of ether oxygens (including phenoxy) is 1. The number of fused-ring (bicyclic) bond motifs is 2. The van der Waals surface area contributed by atoms with Crippen molar-refractivity contribution in [1.29, 1.82) is 0 Å². The Morgan fingerprint density at radius 1 is 1.12 bits per heavy atom. The third-order valence-electron chi connectivity index (χ3n) is 4.25. The van der Waals surface area contributed by atoms with Crippen molar-refractivity contribution in [2.75, 3.05) is 6.61 Å². The minimum atomic E-state index is 0.194. The molecule has 2 aliphatic heterocycles. The number of benzene rings is 1. The molecule has 1 aromatic rings. The van der Waals surface area contributed by atoms with Crippen molar-refractivity contribution in [3.05, 3.63) is 29.8 Å². The standard InChI is InChI=1S/C14H18O3/c15-8-11-10(13-5-6-14(11)17-13)7-9-3-1-2-4-12(9)16/h1-4,10-11,13-16H,5-8H2/t10-,11+,13-,14+/m0/s1. The number of aliphatic hydroxyl groups excluding tert-OH is 1. The van der Waals surface area contributed by atoms with Gasteiger partial charge in [0.05, 0.1) is 12.2 Å². The van der Waals surface area contributed by atoms with Crippen LogP contribution >= 0.6 is 0 Å². The van der Waals surface area contributed by atoms with Gasteiger partial charge in [-0.25, -0.2) is 0 Å². The van der Waals surface area contributed by atoms with Crippen LogP contribution in [0.15, 0.2) is 24.3 Å². The molecule has 3 heteroatoms. The molecule has 0 unspecified atom stereocenters. The monoisotopic (exact) mass is 234 g/mol. The lowest BCUT2D eigenvalue weighted by atomic mass is 9.76. The van der Waals surface area contributed by atoms with Crippen LogP contribution in [-0.4, -0.2) is 29.0 Å². The number of rotatable bonds is 3. The van der Waals surface area contributed by atoms with Gasteiger partial charge in [0.2, 0.25) is 0 Å². The number of aliphatic hydroxyl groups is 1. The summed E-state index contributed by atoms with van der Waals surface area (Å²) in [5.41, 5.74) is 0.965. The molecule has 2 N–H and O–H groups in total. The Kier molecular flexibility index (Phi) is 2.81. The van der Waals surface area contributed by atoms with Crippen molar-refractivity contribution >= 4 is 0 Å². The van der Waals surface area contributed by atoms with Gasteiger partial charge in [-0.15, -0.1) is 0 Å². The molecule has 17 heavy (non-hydrogen) atoms. The molecule has 92 valence electrons. The highest BCUT2D eigenvalue weighted by Crippen LogP contribution is 2.45. The van der Waals surface area contributed by atoms with Gasteiger partial charge >= 0.3 is 0 Å². The predicted octanol–water partition coefficient (Wildman–Crippen LogP) is 1.72. The van der Waals surface area contributed by atoms with Gasteiger partial charge < -0.3 is 14.9 Å².